The number of aryl methyl sites for hydroxylation is 1. The highest BCUT2D eigenvalue weighted by atomic mass is 35.5. The summed E-state index contributed by atoms with van der Waals surface area (Å²) in [5.41, 5.74) is 6.72. The van der Waals surface area contributed by atoms with E-state index in [9.17, 15) is 4.79 Å². The van der Waals surface area contributed by atoms with Crippen LogP contribution in [0, 0.1) is 0 Å². The fourth-order valence-corrected chi connectivity index (χ4v) is 1.61. The lowest BCUT2D eigenvalue weighted by atomic mass is 10.1. The Labute approximate surface area is 121 Å². The molecule has 0 heterocycles. The van der Waals surface area contributed by atoms with Gasteiger partial charge in [-0.1, -0.05) is 12.1 Å². The van der Waals surface area contributed by atoms with Gasteiger partial charge in [0.25, 0.3) is 0 Å². The molecule has 1 unspecified atom stereocenters. The van der Waals surface area contributed by atoms with E-state index in [0.717, 1.165) is 24.2 Å². The van der Waals surface area contributed by atoms with E-state index in [4.69, 9.17) is 10.5 Å². The molecule has 0 spiro atoms. The fourth-order valence-electron chi connectivity index (χ4n) is 1.61. The average Bonchev–Trinajstić information content (AvgIpc) is 2.36. The Morgan fingerprint density at radius 3 is 2.84 bits per heavy atom. The molecule has 0 bridgehead atoms. The lowest BCUT2D eigenvalue weighted by Gasteiger charge is -2.07. The number of halogens is 1. The highest BCUT2D eigenvalue weighted by Gasteiger charge is 2.03. The van der Waals surface area contributed by atoms with Crippen molar-refractivity contribution in [2.24, 2.45) is 5.73 Å². The zero-order valence-electron chi connectivity index (χ0n) is 11.5. The predicted molar refractivity (Wildman–Crippen MR) is 79.8 cm³/mol. The minimum atomic E-state index is 0. The van der Waals surface area contributed by atoms with Crippen LogP contribution in [0.5, 0.6) is 5.75 Å². The second-order valence-electron chi connectivity index (χ2n) is 4.47. The average molecular weight is 287 g/mol. The van der Waals surface area contributed by atoms with Crippen molar-refractivity contribution in [2.75, 3.05) is 13.7 Å². The number of nitrogens with two attached hydrogens (primary N) is 1. The van der Waals surface area contributed by atoms with Crippen molar-refractivity contribution in [3.8, 4) is 5.75 Å². The summed E-state index contributed by atoms with van der Waals surface area (Å²) in [5, 5.41) is 2.86. The molecule has 4 nitrogen and oxygen atoms in total. The zero-order chi connectivity index (χ0) is 13.4. The Morgan fingerprint density at radius 1 is 1.47 bits per heavy atom. The van der Waals surface area contributed by atoms with E-state index in [2.05, 4.69) is 5.32 Å². The first-order valence-electron chi connectivity index (χ1n) is 6.27. The maximum absolute atomic E-state index is 11.6. The topological polar surface area (TPSA) is 64.3 Å². The Morgan fingerprint density at radius 2 is 2.21 bits per heavy atom. The lowest BCUT2D eigenvalue weighted by Crippen LogP contribution is -2.29. The first-order valence-corrected chi connectivity index (χ1v) is 6.27. The van der Waals surface area contributed by atoms with Crippen LogP contribution in [-0.4, -0.2) is 25.6 Å². The summed E-state index contributed by atoms with van der Waals surface area (Å²) in [4.78, 5) is 11.6. The molecule has 0 radical (unpaired) electrons. The predicted octanol–water partition coefficient (Wildman–Crippen LogP) is 1.90. The molecule has 1 rings (SSSR count). The van der Waals surface area contributed by atoms with Crippen LogP contribution < -0.4 is 15.8 Å². The normalized spacial score (nSPS) is 11.3. The van der Waals surface area contributed by atoms with Gasteiger partial charge >= 0.3 is 0 Å². The minimum Gasteiger partial charge on any atom is -0.497 e. The van der Waals surface area contributed by atoms with Crippen LogP contribution >= 0.6 is 12.4 Å². The summed E-state index contributed by atoms with van der Waals surface area (Å²) in [5.74, 6) is 0.892. The highest BCUT2D eigenvalue weighted by Crippen LogP contribution is 2.13. The molecular weight excluding hydrogens is 264 g/mol. The number of benzene rings is 1. The second kappa shape index (κ2) is 9.64. The third kappa shape index (κ3) is 7.70. The molecule has 0 aromatic heterocycles. The third-order valence-corrected chi connectivity index (χ3v) is 2.70. The first kappa shape index (κ1) is 17.7. The number of amides is 1. The SMILES string of the molecule is COc1cccc(CCC(=O)NCCC(C)N)c1.Cl. The molecule has 1 aromatic rings. The molecule has 5 heteroatoms. The number of methoxy groups -OCH3 is 1. The standard InChI is InChI=1S/C14H22N2O2.ClH/c1-11(15)8-9-16-14(17)7-6-12-4-3-5-13(10-12)18-2;/h3-5,10-11H,6-9,15H2,1-2H3,(H,16,17);1H. The fraction of sp³-hybridized carbons (Fsp3) is 0.500. The van der Waals surface area contributed by atoms with E-state index >= 15 is 0 Å². The third-order valence-electron chi connectivity index (χ3n) is 2.70. The molecule has 0 aliphatic carbocycles. The van der Waals surface area contributed by atoms with Crippen molar-refractivity contribution < 1.29 is 9.53 Å². The van der Waals surface area contributed by atoms with Crippen LogP contribution in [0.1, 0.15) is 25.3 Å². The van der Waals surface area contributed by atoms with E-state index in [0.29, 0.717) is 13.0 Å². The number of carbonyl (C=O) groups is 1. The van der Waals surface area contributed by atoms with Crippen LogP contribution in [-0.2, 0) is 11.2 Å². The minimum absolute atomic E-state index is 0. The Hall–Kier alpha value is -1.26. The van der Waals surface area contributed by atoms with Crippen molar-refractivity contribution in [1.82, 2.24) is 5.32 Å². The van der Waals surface area contributed by atoms with Gasteiger partial charge in [-0.2, -0.15) is 0 Å². The molecule has 1 atom stereocenters. The highest BCUT2D eigenvalue weighted by molar-refractivity contribution is 5.85. The molecule has 0 aliphatic rings. The second-order valence-corrected chi connectivity index (χ2v) is 4.47. The van der Waals surface area contributed by atoms with Gasteiger partial charge in [0.15, 0.2) is 0 Å². The van der Waals surface area contributed by atoms with E-state index in [1.807, 2.05) is 31.2 Å². The first-order chi connectivity index (χ1) is 8.61. The summed E-state index contributed by atoms with van der Waals surface area (Å²) in [6.07, 6.45) is 2.03. The molecule has 1 amide bonds. The van der Waals surface area contributed by atoms with E-state index < -0.39 is 0 Å². The van der Waals surface area contributed by atoms with Crippen molar-refractivity contribution in [2.45, 2.75) is 32.2 Å². The van der Waals surface area contributed by atoms with Crippen LogP contribution in [0.2, 0.25) is 0 Å². The van der Waals surface area contributed by atoms with Crippen LogP contribution in [0.15, 0.2) is 24.3 Å². The molecule has 0 saturated heterocycles. The number of ether oxygens (including phenoxy) is 1. The summed E-state index contributed by atoms with van der Waals surface area (Å²) in [6.45, 7) is 2.58. The van der Waals surface area contributed by atoms with Gasteiger partial charge in [0, 0.05) is 19.0 Å². The summed E-state index contributed by atoms with van der Waals surface area (Å²) >= 11 is 0. The van der Waals surface area contributed by atoms with Gasteiger partial charge in [0.2, 0.25) is 5.91 Å². The Kier molecular flexibility index (Phi) is 9.00. The van der Waals surface area contributed by atoms with E-state index in [1.54, 1.807) is 7.11 Å². The number of rotatable bonds is 7. The largest absolute Gasteiger partial charge is 0.497 e. The molecule has 108 valence electrons. The van der Waals surface area contributed by atoms with Gasteiger partial charge in [0.1, 0.15) is 5.75 Å². The summed E-state index contributed by atoms with van der Waals surface area (Å²) in [7, 11) is 1.64. The van der Waals surface area contributed by atoms with E-state index in [-0.39, 0.29) is 24.4 Å². The van der Waals surface area contributed by atoms with Crippen LogP contribution in [0.25, 0.3) is 0 Å². The smallest absolute Gasteiger partial charge is 0.220 e. The van der Waals surface area contributed by atoms with E-state index in [1.165, 1.54) is 0 Å². The van der Waals surface area contributed by atoms with Gasteiger partial charge in [-0.05, 0) is 37.5 Å². The Balaban J connectivity index is 0.00000324. The quantitative estimate of drug-likeness (QED) is 0.805. The number of nitrogens with one attached hydrogen (secondary N) is 1. The van der Waals surface area contributed by atoms with Crippen molar-refractivity contribution in [1.29, 1.82) is 0 Å². The molecule has 0 saturated carbocycles. The van der Waals surface area contributed by atoms with Gasteiger partial charge in [0.05, 0.1) is 7.11 Å². The summed E-state index contributed by atoms with van der Waals surface area (Å²) < 4.78 is 5.14. The molecule has 0 aliphatic heterocycles. The molecular formula is C14H23ClN2O2. The maximum Gasteiger partial charge on any atom is 0.220 e. The molecule has 1 aromatic carbocycles. The number of carbonyl (C=O) groups excluding carboxylic acids is 1. The van der Waals surface area contributed by atoms with Crippen molar-refractivity contribution in [3.05, 3.63) is 29.8 Å². The van der Waals surface area contributed by atoms with Crippen molar-refractivity contribution in [3.63, 3.8) is 0 Å². The molecule has 3 N–H and O–H groups in total. The number of hydrogen-bond donors (Lipinski definition) is 2. The van der Waals surface area contributed by atoms with Crippen molar-refractivity contribution >= 4 is 18.3 Å². The van der Waals surface area contributed by atoms with Gasteiger partial charge in [-0.15, -0.1) is 12.4 Å². The van der Waals surface area contributed by atoms with Gasteiger partial charge in [-0.3, -0.25) is 4.79 Å². The summed E-state index contributed by atoms with van der Waals surface area (Å²) in [6, 6.07) is 7.91. The maximum atomic E-state index is 11.6. The molecule has 19 heavy (non-hydrogen) atoms. The molecule has 0 fully saturated rings. The van der Waals surface area contributed by atoms with Crippen LogP contribution in [0.4, 0.5) is 0 Å². The van der Waals surface area contributed by atoms with Crippen LogP contribution in [0.3, 0.4) is 0 Å². The Bertz CT molecular complexity index is 383. The van der Waals surface area contributed by atoms with Gasteiger partial charge in [-0.25, -0.2) is 0 Å². The van der Waals surface area contributed by atoms with Gasteiger partial charge < -0.3 is 15.8 Å². The monoisotopic (exact) mass is 286 g/mol. The zero-order valence-corrected chi connectivity index (χ0v) is 12.3. The number of hydrogen-bond acceptors (Lipinski definition) is 3. The lowest BCUT2D eigenvalue weighted by molar-refractivity contribution is -0.121.